The second-order valence-electron chi connectivity index (χ2n) is 1.09. The van der Waals surface area contributed by atoms with Gasteiger partial charge in [-0.25, -0.2) is 0 Å². The van der Waals surface area contributed by atoms with Crippen LogP contribution in [0.2, 0.25) is 0 Å². The molecule has 0 saturated carbocycles. The second-order valence-corrected chi connectivity index (χ2v) is 1.09. The summed E-state index contributed by atoms with van der Waals surface area (Å²) < 4.78 is 14.7. The molecule has 0 fully saturated rings. The van der Waals surface area contributed by atoms with E-state index in [-0.39, 0.29) is 30.9 Å². The van der Waals surface area contributed by atoms with Crippen molar-refractivity contribution >= 4 is 36.7 Å². The van der Waals surface area contributed by atoms with Crippen molar-refractivity contribution in [3.63, 3.8) is 0 Å². The molecule has 0 aliphatic carbocycles. The van der Waals surface area contributed by atoms with E-state index < -0.39 is 0 Å². The van der Waals surface area contributed by atoms with E-state index in [4.69, 9.17) is 13.1 Å². The van der Waals surface area contributed by atoms with Crippen molar-refractivity contribution in [1.82, 2.24) is 0 Å². The standard InChI is InChI=1S/C3H8O.ClHO.2ClH.O.Ti/c1-3(2)4;1-2;;;;/h3-4H,1-2H3;2H;2*1H;;. The van der Waals surface area contributed by atoms with Gasteiger partial charge in [0.25, 0.3) is 0 Å². The van der Waals surface area contributed by atoms with Gasteiger partial charge in [0, 0.05) is 6.10 Å². The van der Waals surface area contributed by atoms with Crippen molar-refractivity contribution in [2.45, 2.75) is 20.0 Å². The van der Waals surface area contributed by atoms with Gasteiger partial charge in [0.2, 0.25) is 0 Å². The van der Waals surface area contributed by atoms with Gasteiger partial charge in [0.05, 0.1) is 11.9 Å². The van der Waals surface area contributed by atoms with Crippen LogP contribution in [0.3, 0.4) is 0 Å². The molecule has 0 bridgehead atoms. The fraction of sp³-hybridized carbons (Fsp3) is 1.00. The molecule has 7 heteroatoms. The Morgan fingerprint density at radius 2 is 1.20 bits per heavy atom. The molecular weight excluding hydrogens is 238 g/mol. The number of halogens is 3. The number of aliphatic hydroxyl groups excluding tert-OH is 1. The molecule has 0 unspecified atom stereocenters. The van der Waals surface area contributed by atoms with Crippen LogP contribution in [-0.2, 0) is 23.7 Å². The van der Waals surface area contributed by atoms with Crippen LogP contribution < -0.4 is 0 Å². The summed E-state index contributed by atoms with van der Waals surface area (Å²) in [5.74, 6) is 0. The van der Waals surface area contributed by atoms with Crippen molar-refractivity contribution in [1.29, 1.82) is 0 Å². The molecule has 0 radical (unpaired) electrons. The minimum atomic E-state index is -0.167. The number of rotatable bonds is 0. The first-order valence-corrected chi connectivity index (χ1v) is 2.76. The first-order valence-electron chi connectivity index (χ1n) is 1.79. The fourth-order valence-electron chi connectivity index (χ4n) is 0. The van der Waals surface area contributed by atoms with E-state index in [2.05, 4.69) is 11.9 Å². The van der Waals surface area contributed by atoms with Crippen LogP contribution in [0.1, 0.15) is 13.8 Å². The van der Waals surface area contributed by atoms with Crippen LogP contribution >= 0.6 is 36.7 Å². The normalized spacial score (nSPS) is 4.50. The molecule has 0 aromatic heterocycles. The molecular formula is C3H11Cl3O3Ti. The van der Waals surface area contributed by atoms with E-state index in [0.29, 0.717) is 0 Å². The van der Waals surface area contributed by atoms with E-state index in [9.17, 15) is 0 Å². The van der Waals surface area contributed by atoms with Crippen molar-refractivity contribution in [2.24, 2.45) is 0 Å². The summed E-state index contributed by atoms with van der Waals surface area (Å²) in [6.07, 6.45) is -0.167. The third kappa shape index (κ3) is 377. The van der Waals surface area contributed by atoms with Crippen molar-refractivity contribution in [2.75, 3.05) is 0 Å². The molecule has 3 nitrogen and oxygen atoms in total. The molecule has 0 atom stereocenters. The molecule has 0 spiro atoms. The fourth-order valence-corrected chi connectivity index (χ4v) is 0. The van der Waals surface area contributed by atoms with Gasteiger partial charge >= 0.3 is 23.7 Å². The quantitative estimate of drug-likeness (QED) is 0.635. The van der Waals surface area contributed by atoms with Crippen LogP contribution in [0, 0.1) is 0 Å². The minimum absolute atomic E-state index is 0. The topological polar surface area (TPSA) is 57.5 Å². The zero-order valence-corrected chi connectivity index (χ0v) is 9.52. The summed E-state index contributed by atoms with van der Waals surface area (Å²) in [4.78, 5) is 0. The molecule has 2 N–H and O–H groups in total. The van der Waals surface area contributed by atoms with Gasteiger partial charge in [-0.3, -0.25) is 4.66 Å². The Balaban J connectivity index is -0.0000000125. The van der Waals surface area contributed by atoms with Gasteiger partial charge in [-0.2, -0.15) is 0 Å². The first-order chi connectivity index (χ1) is 3.73. The summed E-state index contributed by atoms with van der Waals surface area (Å²) >= 11 is 4.39. The third-order valence-electron chi connectivity index (χ3n) is 0. The van der Waals surface area contributed by atoms with Gasteiger partial charge in [-0.1, -0.05) is 0 Å². The Morgan fingerprint density at radius 1 is 1.20 bits per heavy atom. The van der Waals surface area contributed by atoms with E-state index in [1.165, 1.54) is 0 Å². The molecule has 0 rings (SSSR count). The van der Waals surface area contributed by atoms with Crippen molar-refractivity contribution < 1.29 is 33.5 Å². The second kappa shape index (κ2) is 48.1. The van der Waals surface area contributed by atoms with Crippen LogP contribution in [0.15, 0.2) is 0 Å². The summed E-state index contributed by atoms with van der Waals surface area (Å²) in [5.41, 5.74) is 0. The molecule has 66 valence electrons. The Kier molecular flexibility index (Phi) is 145. The van der Waals surface area contributed by atoms with Crippen LogP contribution in [0.5, 0.6) is 0 Å². The number of hydrogen-bond acceptors (Lipinski definition) is 3. The van der Waals surface area contributed by atoms with Gasteiger partial charge < -0.3 is 5.11 Å². The maximum atomic E-state index is 8.25. The molecule has 0 aromatic carbocycles. The summed E-state index contributed by atoms with van der Waals surface area (Å²) in [6.45, 7) is 3.44. The van der Waals surface area contributed by atoms with Gasteiger partial charge in [-0.05, 0) is 13.8 Å². The molecule has 0 saturated heterocycles. The molecule has 0 aromatic rings. The monoisotopic (exact) mass is 248 g/mol. The van der Waals surface area contributed by atoms with E-state index >= 15 is 0 Å². The Bertz CT molecular complexity index is 30.2. The number of aliphatic hydroxyl groups is 1. The summed E-state index contributed by atoms with van der Waals surface area (Å²) in [6, 6.07) is 0. The first kappa shape index (κ1) is 30.2. The SMILES string of the molecule is CC(C)O.Cl.Cl.OCl.[O]=[Ti]. The Morgan fingerprint density at radius 3 is 1.20 bits per heavy atom. The van der Waals surface area contributed by atoms with Crippen molar-refractivity contribution in [3.05, 3.63) is 0 Å². The molecule has 0 aliphatic rings. The van der Waals surface area contributed by atoms with Gasteiger partial charge in [-0.15, -0.1) is 24.8 Å². The van der Waals surface area contributed by atoms with Crippen molar-refractivity contribution in [3.8, 4) is 0 Å². The van der Waals surface area contributed by atoms with E-state index in [0.717, 1.165) is 20.4 Å². The number of hydrogen-bond donors (Lipinski definition) is 2. The van der Waals surface area contributed by atoms with E-state index in [1.807, 2.05) is 0 Å². The van der Waals surface area contributed by atoms with E-state index in [1.54, 1.807) is 13.8 Å². The average Bonchev–Trinajstić information content (AvgIpc) is 1.75. The Labute approximate surface area is 89.9 Å². The summed E-state index contributed by atoms with van der Waals surface area (Å²) in [7, 11) is 0. The van der Waals surface area contributed by atoms with Crippen LogP contribution in [-0.4, -0.2) is 15.9 Å². The predicted molar refractivity (Wildman–Crippen MR) is 40.6 cm³/mol. The van der Waals surface area contributed by atoms with Gasteiger partial charge in [0.15, 0.2) is 0 Å². The average molecular weight is 249 g/mol. The molecule has 0 aliphatic heterocycles. The Hall–Kier alpha value is 1.30. The molecule has 0 heterocycles. The van der Waals surface area contributed by atoms with Crippen LogP contribution in [0.25, 0.3) is 0 Å². The van der Waals surface area contributed by atoms with Gasteiger partial charge in [0.1, 0.15) is 0 Å². The zero-order chi connectivity index (χ0) is 7.58. The molecule has 10 heavy (non-hydrogen) atoms. The third-order valence-corrected chi connectivity index (χ3v) is 0. The maximum absolute atomic E-state index is 8.25. The summed E-state index contributed by atoms with van der Waals surface area (Å²) in [5, 5.41) is 8.06. The van der Waals surface area contributed by atoms with Crippen LogP contribution in [0.4, 0.5) is 0 Å². The zero-order valence-electron chi connectivity index (χ0n) is 5.57. The molecule has 0 amide bonds. The predicted octanol–water partition coefficient (Wildman–Crippen LogP) is 1.24.